The predicted octanol–water partition coefficient (Wildman–Crippen LogP) is 2.71. The molecule has 2 heterocycles. The monoisotopic (exact) mass is 381 g/mol. The van der Waals surface area contributed by atoms with Crippen molar-refractivity contribution in [1.82, 2.24) is 15.4 Å². The number of piperidine rings is 1. The van der Waals surface area contributed by atoms with Crippen LogP contribution in [0.25, 0.3) is 6.08 Å². The van der Waals surface area contributed by atoms with Gasteiger partial charge in [0.1, 0.15) is 5.82 Å². The molecule has 0 aliphatic carbocycles. The van der Waals surface area contributed by atoms with Crippen LogP contribution >= 0.6 is 0 Å². The van der Waals surface area contributed by atoms with Crippen LogP contribution in [0.15, 0.2) is 54.7 Å². The van der Waals surface area contributed by atoms with Crippen LogP contribution in [0, 0.1) is 0 Å². The third-order valence-corrected chi connectivity index (χ3v) is 4.48. The molecular formula is C20H23N5O3. The lowest BCUT2D eigenvalue weighted by molar-refractivity contribution is -0.124. The van der Waals surface area contributed by atoms with Crippen LogP contribution in [-0.4, -0.2) is 46.2 Å². The molecule has 4 N–H and O–H groups in total. The molecule has 1 aromatic heterocycles. The summed E-state index contributed by atoms with van der Waals surface area (Å²) in [7, 11) is 0. The molecule has 1 aliphatic rings. The normalized spacial score (nSPS) is 14.7. The summed E-state index contributed by atoms with van der Waals surface area (Å²) in [5, 5.41) is 14.8. The van der Waals surface area contributed by atoms with E-state index in [9.17, 15) is 9.59 Å². The molecule has 8 heteroatoms. The summed E-state index contributed by atoms with van der Waals surface area (Å²) in [6, 6.07) is 13.3. The van der Waals surface area contributed by atoms with Crippen LogP contribution in [0.2, 0.25) is 0 Å². The van der Waals surface area contributed by atoms with Gasteiger partial charge in [0.2, 0.25) is 0 Å². The van der Waals surface area contributed by atoms with Crippen molar-refractivity contribution in [3.05, 3.63) is 60.3 Å². The summed E-state index contributed by atoms with van der Waals surface area (Å²) in [6.07, 6.45) is 6.10. The van der Waals surface area contributed by atoms with E-state index in [4.69, 9.17) is 5.21 Å². The number of anilines is 2. The van der Waals surface area contributed by atoms with Crippen molar-refractivity contribution in [2.24, 2.45) is 0 Å². The summed E-state index contributed by atoms with van der Waals surface area (Å²) in [5.41, 5.74) is 3.08. The molecule has 2 aromatic rings. The SMILES string of the molecule is O=C(/C=C/c1ccc(NC2CCN(C(=O)Nc3ccccc3)CC2)nc1)NO. The van der Waals surface area contributed by atoms with E-state index in [1.165, 1.54) is 11.6 Å². The first kappa shape index (κ1) is 19.4. The lowest BCUT2D eigenvalue weighted by atomic mass is 10.1. The Kier molecular flexibility index (Phi) is 6.59. The first-order chi connectivity index (χ1) is 13.6. The minimum atomic E-state index is -0.592. The van der Waals surface area contributed by atoms with E-state index in [1.54, 1.807) is 12.3 Å². The fourth-order valence-corrected chi connectivity index (χ4v) is 2.96. The van der Waals surface area contributed by atoms with Gasteiger partial charge in [0, 0.05) is 37.1 Å². The maximum atomic E-state index is 12.3. The van der Waals surface area contributed by atoms with Crippen molar-refractivity contribution in [2.45, 2.75) is 18.9 Å². The summed E-state index contributed by atoms with van der Waals surface area (Å²) >= 11 is 0. The number of para-hydroxylation sites is 1. The Morgan fingerprint density at radius 1 is 1.11 bits per heavy atom. The van der Waals surface area contributed by atoms with Gasteiger partial charge in [0.15, 0.2) is 0 Å². The molecule has 1 fully saturated rings. The number of urea groups is 1. The van der Waals surface area contributed by atoms with Crippen LogP contribution in [0.1, 0.15) is 18.4 Å². The van der Waals surface area contributed by atoms with Crippen molar-refractivity contribution >= 4 is 29.5 Å². The van der Waals surface area contributed by atoms with Crippen molar-refractivity contribution in [2.75, 3.05) is 23.7 Å². The second-order valence-corrected chi connectivity index (χ2v) is 6.49. The maximum absolute atomic E-state index is 12.3. The van der Waals surface area contributed by atoms with E-state index in [1.807, 2.05) is 47.4 Å². The number of likely N-dealkylation sites (tertiary alicyclic amines) is 1. The number of hydrogen-bond donors (Lipinski definition) is 4. The summed E-state index contributed by atoms with van der Waals surface area (Å²) < 4.78 is 0. The van der Waals surface area contributed by atoms with E-state index in [2.05, 4.69) is 15.6 Å². The molecule has 3 rings (SSSR count). The highest BCUT2D eigenvalue weighted by Crippen LogP contribution is 2.17. The number of benzene rings is 1. The van der Waals surface area contributed by atoms with Gasteiger partial charge in [0.25, 0.3) is 5.91 Å². The minimum Gasteiger partial charge on any atom is -0.367 e. The molecule has 8 nitrogen and oxygen atoms in total. The van der Waals surface area contributed by atoms with E-state index < -0.39 is 5.91 Å². The Morgan fingerprint density at radius 3 is 2.50 bits per heavy atom. The Hall–Kier alpha value is -3.39. The molecule has 1 saturated heterocycles. The maximum Gasteiger partial charge on any atom is 0.321 e. The number of carbonyl (C=O) groups is 2. The Morgan fingerprint density at radius 2 is 1.86 bits per heavy atom. The highest BCUT2D eigenvalue weighted by molar-refractivity contribution is 5.90. The molecule has 3 amide bonds. The number of hydrogen-bond acceptors (Lipinski definition) is 5. The molecule has 0 radical (unpaired) electrons. The summed E-state index contributed by atoms with van der Waals surface area (Å²) in [5.74, 6) is 0.154. The van der Waals surface area contributed by atoms with Crippen LogP contribution < -0.4 is 16.1 Å². The predicted molar refractivity (Wildman–Crippen MR) is 107 cm³/mol. The zero-order valence-corrected chi connectivity index (χ0v) is 15.3. The zero-order valence-electron chi connectivity index (χ0n) is 15.3. The van der Waals surface area contributed by atoms with Crippen molar-refractivity contribution < 1.29 is 14.8 Å². The largest absolute Gasteiger partial charge is 0.367 e. The molecular weight excluding hydrogens is 358 g/mol. The molecule has 0 spiro atoms. The van der Waals surface area contributed by atoms with Gasteiger partial charge in [-0.2, -0.15) is 0 Å². The number of nitrogens with zero attached hydrogens (tertiary/aromatic N) is 2. The lowest BCUT2D eigenvalue weighted by Gasteiger charge is -2.32. The summed E-state index contributed by atoms with van der Waals surface area (Å²) in [4.78, 5) is 29.5. The average Bonchev–Trinajstić information content (AvgIpc) is 2.74. The van der Waals surface area contributed by atoms with E-state index in [-0.39, 0.29) is 12.1 Å². The second-order valence-electron chi connectivity index (χ2n) is 6.49. The van der Waals surface area contributed by atoms with Gasteiger partial charge in [-0.05, 0) is 48.7 Å². The molecule has 146 valence electrons. The van der Waals surface area contributed by atoms with Gasteiger partial charge in [0.05, 0.1) is 0 Å². The Balaban J connectivity index is 1.45. The third-order valence-electron chi connectivity index (χ3n) is 4.48. The first-order valence-electron chi connectivity index (χ1n) is 9.10. The molecule has 1 aliphatic heterocycles. The number of amides is 3. The fourth-order valence-electron chi connectivity index (χ4n) is 2.96. The number of aromatic nitrogens is 1. The Labute approximate surface area is 163 Å². The second kappa shape index (κ2) is 9.52. The van der Waals surface area contributed by atoms with Gasteiger partial charge in [-0.25, -0.2) is 15.3 Å². The fraction of sp³-hybridized carbons (Fsp3) is 0.250. The van der Waals surface area contributed by atoms with Gasteiger partial charge in [-0.3, -0.25) is 10.0 Å². The van der Waals surface area contributed by atoms with Gasteiger partial charge >= 0.3 is 6.03 Å². The molecule has 0 saturated carbocycles. The molecule has 1 aromatic carbocycles. The highest BCUT2D eigenvalue weighted by atomic mass is 16.5. The zero-order chi connectivity index (χ0) is 19.8. The number of carbonyl (C=O) groups excluding carboxylic acids is 2. The molecule has 28 heavy (non-hydrogen) atoms. The quantitative estimate of drug-likeness (QED) is 0.362. The van der Waals surface area contributed by atoms with E-state index >= 15 is 0 Å². The molecule has 0 bridgehead atoms. The molecule has 0 unspecified atom stereocenters. The van der Waals surface area contributed by atoms with Crippen molar-refractivity contribution in [3.63, 3.8) is 0 Å². The Bertz CT molecular complexity index is 815. The van der Waals surface area contributed by atoms with Gasteiger partial charge in [-0.15, -0.1) is 0 Å². The smallest absolute Gasteiger partial charge is 0.321 e. The molecule has 0 atom stereocenters. The summed E-state index contributed by atoms with van der Waals surface area (Å²) in [6.45, 7) is 1.35. The van der Waals surface area contributed by atoms with Crippen LogP contribution in [0.4, 0.5) is 16.3 Å². The minimum absolute atomic E-state index is 0.0779. The number of hydroxylamine groups is 1. The number of nitrogens with one attached hydrogen (secondary N) is 3. The topological polar surface area (TPSA) is 107 Å². The van der Waals surface area contributed by atoms with Crippen LogP contribution in [0.5, 0.6) is 0 Å². The lowest BCUT2D eigenvalue weighted by Crippen LogP contribution is -2.44. The number of rotatable bonds is 5. The van der Waals surface area contributed by atoms with Crippen molar-refractivity contribution in [1.29, 1.82) is 0 Å². The highest BCUT2D eigenvalue weighted by Gasteiger charge is 2.22. The van der Waals surface area contributed by atoms with Crippen molar-refractivity contribution in [3.8, 4) is 0 Å². The first-order valence-corrected chi connectivity index (χ1v) is 9.10. The van der Waals surface area contributed by atoms with E-state index in [0.29, 0.717) is 13.1 Å². The van der Waals surface area contributed by atoms with Gasteiger partial charge in [-0.1, -0.05) is 18.2 Å². The average molecular weight is 381 g/mol. The van der Waals surface area contributed by atoms with Gasteiger partial charge < -0.3 is 15.5 Å². The van der Waals surface area contributed by atoms with Crippen LogP contribution in [0.3, 0.4) is 0 Å². The standard InChI is InChI=1S/C20H23N5O3/c26-19(24-28)9-7-15-6-8-18(21-14-15)22-17-10-12-25(13-11-17)20(27)23-16-4-2-1-3-5-16/h1-9,14,17,28H,10-13H2,(H,21,22)(H,23,27)(H,24,26)/b9-7+. The van der Waals surface area contributed by atoms with E-state index in [0.717, 1.165) is 29.9 Å². The van der Waals surface area contributed by atoms with Crippen LogP contribution in [-0.2, 0) is 4.79 Å². The third kappa shape index (κ3) is 5.55. The number of pyridine rings is 1.